The van der Waals surface area contributed by atoms with Crippen LogP contribution in [0, 0.1) is 10.1 Å². The number of Topliss-reactive ketones (excluding diaryl/α,β-unsaturated/α-hetero) is 1. The average molecular weight is 312 g/mol. The molecule has 0 aliphatic carbocycles. The fraction of sp³-hybridized carbons (Fsp3) is 0.222. The third kappa shape index (κ3) is 2.63. The summed E-state index contributed by atoms with van der Waals surface area (Å²) in [4.78, 5) is 20.6. The summed E-state index contributed by atoms with van der Waals surface area (Å²) in [5.74, 6) is -0.810. The Bertz CT molecular complexity index is 499. The van der Waals surface area contributed by atoms with Crippen molar-refractivity contribution in [3.8, 4) is 0 Å². The normalized spacial score (nSPS) is 11.4. The number of nitro groups is 1. The lowest BCUT2D eigenvalue weighted by molar-refractivity contribution is -0.388. The second-order valence-electron chi connectivity index (χ2n) is 3.13. The summed E-state index contributed by atoms with van der Waals surface area (Å²) in [6.45, 7) is 0.966. The molecule has 0 saturated heterocycles. The van der Waals surface area contributed by atoms with Gasteiger partial charge >= 0.3 is 6.18 Å². The molecule has 1 aromatic carbocycles. The lowest BCUT2D eigenvalue weighted by atomic mass is 10.0. The minimum atomic E-state index is -4.88. The number of rotatable bonds is 2. The Hall–Kier alpha value is -1.44. The van der Waals surface area contributed by atoms with Crippen molar-refractivity contribution in [3.05, 3.63) is 37.8 Å². The number of nitro benzene ring substituents is 1. The summed E-state index contributed by atoms with van der Waals surface area (Å²) in [5, 5.41) is 10.7. The molecule has 0 N–H and O–H groups in total. The standard InChI is InChI=1S/C9H5BrF3NO3/c1-4(15)7-6(10)3-2-5(9(11,12)13)8(7)14(16)17/h2-3H,1H3. The van der Waals surface area contributed by atoms with Crippen LogP contribution in [-0.4, -0.2) is 10.7 Å². The zero-order valence-electron chi connectivity index (χ0n) is 8.34. The Kier molecular flexibility index (Phi) is 3.56. The molecule has 0 radical (unpaired) electrons. The number of nitrogens with zero attached hydrogens (tertiary/aromatic N) is 1. The zero-order chi connectivity index (χ0) is 13.4. The summed E-state index contributed by atoms with van der Waals surface area (Å²) in [6, 6.07) is 1.53. The van der Waals surface area contributed by atoms with E-state index in [1.165, 1.54) is 0 Å². The topological polar surface area (TPSA) is 60.2 Å². The van der Waals surface area contributed by atoms with Gasteiger partial charge in [0.2, 0.25) is 0 Å². The van der Waals surface area contributed by atoms with Gasteiger partial charge in [0.15, 0.2) is 5.78 Å². The minimum Gasteiger partial charge on any atom is -0.294 e. The second-order valence-corrected chi connectivity index (χ2v) is 3.98. The number of alkyl halides is 3. The van der Waals surface area contributed by atoms with E-state index in [-0.39, 0.29) is 4.47 Å². The van der Waals surface area contributed by atoms with Crippen molar-refractivity contribution >= 4 is 27.4 Å². The van der Waals surface area contributed by atoms with E-state index < -0.39 is 33.7 Å². The fourth-order valence-electron chi connectivity index (χ4n) is 1.32. The Morgan fingerprint density at radius 3 is 2.29 bits per heavy atom. The van der Waals surface area contributed by atoms with Gasteiger partial charge in [-0.15, -0.1) is 0 Å². The van der Waals surface area contributed by atoms with Crippen molar-refractivity contribution in [2.45, 2.75) is 13.1 Å². The molecule has 0 bridgehead atoms. The number of halogens is 4. The van der Waals surface area contributed by atoms with Crippen molar-refractivity contribution in [1.29, 1.82) is 0 Å². The zero-order valence-corrected chi connectivity index (χ0v) is 9.92. The second kappa shape index (κ2) is 4.44. The SMILES string of the molecule is CC(=O)c1c(Br)ccc(C(F)(F)F)c1[N+](=O)[O-]. The third-order valence-electron chi connectivity index (χ3n) is 1.97. The molecule has 17 heavy (non-hydrogen) atoms. The van der Waals surface area contributed by atoms with E-state index in [4.69, 9.17) is 0 Å². The molecule has 0 aliphatic rings. The maximum Gasteiger partial charge on any atom is 0.423 e. The fourth-order valence-corrected chi connectivity index (χ4v) is 1.92. The summed E-state index contributed by atoms with van der Waals surface area (Å²) in [5.41, 5.74) is -3.24. The molecule has 8 heteroatoms. The first-order valence-electron chi connectivity index (χ1n) is 4.21. The van der Waals surface area contributed by atoms with E-state index in [0.29, 0.717) is 6.07 Å². The monoisotopic (exact) mass is 311 g/mol. The first kappa shape index (κ1) is 13.6. The van der Waals surface area contributed by atoms with Crippen LogP contribution in [0.15, 0.2) is 16.6 Å². The van der Waals surface area contributed by atoms with Crippen LogP contribution in [0.25, 0.3) is 0 Å². The van der Waals surface area contributed by atoms with Crippen molar-refractivity contribution < 1.29 is 22.9 Å². The maximum absolute atomic E-state index is 12.6. The highest BCUT2D eigenvalue weighted by atomic mass is 79.9. The van der Waals surface area contributed by atoms with Gasteiger partial charge in [-0.05, 0) is 35.0 Å². The molecule has 0 unspecified atom stereocenters. The molecule has 0 saturated carbocycles. The van der Waals surface area contributed by atoms with Gasteiger partial charge in [0, 0.05) is 4.47 Å². The Morgan fingerprint density at radius 1 is 1.41 bits per heavy atom. The Morgan fingerprint density at radius 2 is 1.94 bits per heavy atom. The maximum atomic E-state index is 12.6. The average Bonchev–Trinajstić information content (AvgIpc) is 2.14. The van der Waals surface area contributed by atoms with Crippen molar-refractivity contribution in [1.82, 2.24) is 0 Å². The van der Waals surface area contributed by atoms with Gasteiger partial charge in [-0.1, -0.05) is 0 Å². The summed E-state index contributed by atoms with van der Waals surface area (Å²) < 4.78 is 37.6. The number of hydrogen-bond donors (Lipinski definition) is 0. The van der Waals surface area contributed by atoms with Crippen molar-refractivity contribution in [3.63, 3.8) is 0 Å². The van der Waals surface area contributed by atoms with Crippen LogP contribution in [0.2, 0.25) is 0 Å². The number of benzene rings is 1. The van der Waals surface area contributed by atoms with Crippen LogP contribution in [0.5, 0.6) is 0 Å². The van der Waals surface area contributed by atoms with Crippen molar-refractivity contribution in [2.75, 3.05) is 0 Å². The summed E-state index contributed by atoms with van der Waals surface area (Å²) >= 11 is 2.82. The van der Waals surface area contributed by atoms with Crippen LogP contribution >= 0.6 is 15.9 Å². The molecule has 0 spiro atoms. The predicted octanol–water partition coefficient (Wildman–Crippen LogP) is 3.58. The molecule has 0 fully saturated rings. The van der Waals surface area contributed by atoms with Gasteiger partial charge in [0.05, 0.1) is 4.92 Å². The lowest BCUT2D eigenvalue weighted by Crippen LogP contribution is -2.12. The molecule has 0 heterocycles. The van der Waals surface area contributed by atoms with Gasteiger partial charge in [0.25, 0.3) is 5.69 Å². The van der Waals surface area contributed by atoms with Crippen LogP contribution in [0.3, 0.4) is 0 Å². The predicted molar refractivity (Wildman–Crippen MR) is 55.8 cm³/mol. The van der Waals surface area contributed by atoms with E-state index in [1.54, 1.807) is 0 Å². The first-order chi connectivity index (χ1) is 7.66. The largest absolute Gasteiger partial charge is 0.423 e. The highest BCUT2D eigenvalue weighted by Crippen LogP contribution is 2.40. The molecule has 92 valence electrons. The molecule has 1 aromatic rings. The smallest absolute Gasteiger partial charge is 0.294 e. The van der Waals surface area contributed by atoms with E-state index in [9.17, 15) is 28.1 Å². The molecule has 0 atom stereocenters. The van der Waals surface area contributed by atoms with Crippen LogP contribution in [0.1, 0.15) is 22.8 Å². The van der Waals surface area contributed by atoms with Gasteiger partial charge in [-0.25, -0.2) is 0 Å². The van der Waals surface area contributed by atoms with Crippen LogP contribution in [0.4, 0.5) is 18.9 Å². The van der Waals surface area contributed by atoms with Crippen LogP contribution in [-0.2, 0) is 6.18 Å². The number of ketones is 1. The Balaban J connectivity index is 3.72. The molecule has 0 amide bonds. The molecule has 0 aliphatic heterocycles. The summed E-state index contributed by atoms with van der Waals surface area (Å²) in [7, 11) is 0. The highest BCUT2D eigenvalue weighted by molar-refractivity contribution is 9.10. The molecular formula is C9H5BrF3NO3. The van der Waals surface area contributed by atoms with Gasteiger partial charge in [0.1, 0.15) is 11.1 Å². The molecule has 4 nitrogen and oxygen atoms in total. The quantitative estimate of drug-likeness (QED) is 0.476. The van der Waals surface area contributed by atoms with Crippen LogP contribution < -0.4 is 0 Å². The number of carbonyl (C=O) groups excluding carboxylic acids is 1. The van der Waals surface area contributed by atoms with Gasteiger partial charge < -0.3 is 0 Å². The number of hydrogen-bond acceptors (Lipinski definition) is 3. The minimum absolute atomic E-state index is 0.0373. The molecular weight excluding hydrogens is 307 g/mol. The first-order valence-corrected chi connectivity index (χ1v) is 5.00. The van der Waals surface area contributed by atoms with Crippen molar-refractivity contribution in [2.24, 2.45) is 0 Å². The third-order valence-corrected chi connectivity index (χ3v) is 2.63. The Labute approximate surface area is 102 Å². The highest BCUT2D eigenvalue weighted by Gasteiger charge is 2.41. The summed E-state index contributed by atoms with van der Waals surface area (Å²) in [6.07, 6.45) is -4.88. The lowest BCUT2D eigenvalue weighted by Gasteiger charge is -2.10. The van der Waals surface area contributed by atoms with E-state index in [1.807, 2.05) is 0 Å². The van der Waals surface area contributed by atoms with E-state index >= 15 is 0 Å². The number of carbonyl (C=O) groups is 1. The van der Waals surface area contributed by atoms with Gasteiger partial charge in [-0.3, -0.25) is 14.9 Å². The molecule has 0 aromatic heterocycles. The van der Waals surface area contributed by atoms with E-state index in [2.05, 4.69) is 15.9 Å². The van der Waals surface area contributed by atoms with Gasteiger partial charge in [-0.2, -0.15) is 13.2 Å². The molecule has 1 rings (SSSR count). The van der Waals surface area contributed by atoms with E-state index in [0.717, 1.165) is 13.0 Å².